The summed E-state index contributed by atoms with van der Waals surface area (Å²) in [6.45, 7) is 2.76. The van der Waals surface area contributed by atoms with Gasteiger partial charge in [-0.2, -0.15) is 0 Å². The summed E-state index contributed by atoms with van der Waals surface area (Å²) in [5.74, 6) is -1.04. The first-order valence-electron chi connectivity index (χ1n) is 14.8. The molecule has 0 radical (unpaired) electrons. The zero-order chi connectivity index (χ0) is 29.3. The molecule has 4 amide bonds. The van der Waals surface area contributed by atoms with Gasteiger partial charge in [0.25, 0.3) is 11.8 Å². The van der Waals surface area contributed by atoms with Crippen LogP contribution in [0.25, 0.3) is 0 Å². The molecule has 2 atom stereocenters. The molecule has 2 fully saturated rings. The van der Waals surface area contributed by atoms with Crippen LogP contribution in [0.5, 0.6) is 0 Å². The molecular formula is C34H38N4O4. The molecule has 2 saturated heterocycles. The van der Waals surface area contributed by atoms with Crippen LogP contribution >= 0.6 is 0 Å². The second-order valence-electron chi connectivity index (χ2n) is 11.1. The number of amides is 4. The molecule has 0 unspecified atom stereocenters. The summed E-state index contributed by atoms with van der Waals surface area (Å²) in [6, 6.07) is 24.2. The first-order valence-corrected chi connectivity index (χ1v) is 14.8. The van der Waals surface area contributed by atoms with E-state index in [1.54, 1.807) is 18.2 Å². The van der Waals surface area contributed by atoms with Crippen LogP contribution in [0.15, 0.2) is 84.9 Å². The van der Waals surface area contributed by atoms with Crippen LogP contribution in [-0.4, -0.2) is 71.7 Å². The summed E-state index contributed by atoms with van der Waals surface area (Å²) in [6.07, 6.45) is 4.59. The minimum Gasteiger partial charge on any atom is -0.341 e. The van der Waals surface area contributed by atoms with E-state index < -0.39 is 23.9 Å². The number of benzene rings is 3. The summed E-state index contributed by atoms with van der Waals surface area (Å²) in [5.41, 5.74) is 2.46. The molecule has 5 rings (SSSR count). The van der Waals surface area contributed by atoms with E-state index >= 15 is 0 Å². The maximum atomic E-state index is 13.4. The highest BCUT2D eigenvalue weighted by Gasteiger charge is 2.30. The first kappa shape index (κ1) is 29.0. The van der Waals surface area contributed by atoms with E-state index in [-0.39, 0.29) is 22.9 Å². The van der Waals surface area contributed by atoms with Crippen LogP contribution in [0.1, 0.15) is 57.5 Å². The van der Waals surface area contributed by atoms with Gasteiger partial charge in [0, 0.05) is 50.1 Å². The molecule has 2 aliphatic rings. The number of nitrogens with one attached hydrogen (secondary N) is 2. The van der Waals surface area contributed by atoms with Gasteiger partial charge in [-0.1, -0.05) is 66.7 Å². The minimum absolute atomic E-state index is 0.0946. The summed E-state index contributed by atoms with van der Waals surface area (Å²) in [4.78, 5) is 57.1. The van der Waals surface area contributed by atoms with Gasteiger partial charge < -0.3 is 20.4 Å². The number of rotatable bonds is 10. The van der Waals surface area contributed by atoms with Crippen LogP contribution < -0.4 is 10.6 Å². The van der Waals surface area contributed by atoms with Crippen molar-refractivity contribution in [1.29, 1.82) is 0 Å². The van der Waals surface area contributed by atoms with Gasteiger partial charge in [-0.25, -0.2) is 0 Å². The van der Waals surface area contributed by atoms with Crippen LogP contribution in [0, 0.1) is 0 Å². The number of carbonyl (C=O) groups excluding carboxylic acids is 4. The summed E-state index contributed by atoms with van der Waals surface area (Å²) < 4.78 is 0. The second-order valence-corrected chi connectivity index (χ2v) is 11.1. The average Bonchev–Trinajstić information content (AvgIpc) is 3.76. The normalized spacial score (nSPS) is 16.1. The third-order valence-corrected chi connectivity index (χ3v) is 7.99. The number of hydrogen-bond acceptors (Lipinski definition) is 4. The zero-order valence-corrected chi connectivity index (χ0v) is 23.8. The molecule has 8 heteroatoms. The van der Waals surface area contributed by atoms with Crippen LogP contribution in [0.2, 0.25) is 0 Å². The number of carbonyl (C=O) groups is 4. The monoisotopic (exact) mass is 566 g/mol. The van der Waals surface area contributed by atoms with Crippen molar-refractivity contribution in [1.82, 2.24) is 20.4 Å². The average molecular weight is 567 g/mol. The number of likely N-dealkylation sites (tertiary alicyclic amines) is 2. The Morgan fingerprint density at radius 2 is 0.929 bits per heavy atom. The highest BCUT2D eigenvalue weighted by atomic mass is 16.2. The third-order valence-electron chi connectivity index (χ3n) is 7.99. The molecule has 3 aromatic rings. The predicted molar refractivity (Wildman–Crippen MR) is 161 cm³/mol. The third kappa shape index (κ3) is 7.43. The van der Waals surface area contributed by atoms with Gasteiger partial charge in [0.05, 0.1) is 0 Å². The Morgan fingerprint density at radius 3 is 1.31 bits per heavy atom. The zero-order valence-electron chi connectivity index (χ0n) is 23.8. The van der Waals surface area contributed by atoms with E-state index in [1.165, 1.54) is 6.07 Å². The fraction of sp³-hybridized carbons (Fsp3) is 0.353. The fourth-order valence-corrected chi connectivity index (χ4v) is 5.70. The van der Waals surface area contributed by atoms with Gasteiger partial charge in [0.2, 0.25) is 11.8 Å². The van der Waals surface area contributed by atoms with Crippen molar-refractivity contribution in [3.63, 3.8) is 0 Å². The lowest BCUT2D eigenvalue weighted by atomic mass is 10.0. The van der Waals surface area contributed by atoms with Crippen molar-refractivity contribution in [2.75, 3.05) is 26.2 Å². The van der Waals surface area contributed by atoms with Crippen molar-refractivity contribution in [3.8, 4) is 0 Å². The van der Waals surface area contributed by atoms with Crippen molar-refractivity contribution < 1.29 is 19.2 Å². The van der Waals surface area contributed by atoms with Gasteiger partial charge in [-0.05, 0) is 55.0 Å². The standard InChI is InChI=1S/C34H38N4O4/c39-31(35-29(22-25-12-3-1-4-13-25)33(41)37-18-7-8-19-37)27-16-11-17-28(24-27)32(40)36-30(23-26-14-5-2-6-15-26)34(42)38-20-9-10-21-38/h1-6,11-17,24,29-30H,7-10,18-23H2,(H,35,39)(H,36,40)/t29-,30-/m0/s1. The Balaban J connectivity index is 1.30. The number of nitrogens with zero attached hydrogens (tertiary/aromatic N) is 2. The summed E-state index contributed by atoms with van der Waals surface area (Å²) >= 11 is 0. The lowest BCUT2D eigenvalue weighted by molar-refractivity contribution is -0.132. The topological polar surface area (TPSA) is 98.8 Å². The lowest BCUT2D eigenvalue weighted by Crippen LogP contribution is -2.49. The Morgan fingerprint density at radius 1 is 0.548 bits per heavy atom. The lowest BCUT2D eigenvalue weighted by Gasteiger charge is -2.25. The van der Waals surface area contributed by atoms with Gasteiger partial charge in [0.1, 0.15) is 12.1 Å². The second kappa shape index (κ2) is 13.9. The molecule has 42 heavy (non-hydrogen) atoms. The van der Waals surface area contributed by atoms with Gasteiger partial charge >= 0.3 is 0 Å². The van der Waals surface area contributed by atoms with Crippen molar-refractivity contribution in [2.24, 2.45) is 0 Å². The maximum absolute atomic E-state index is 13.4. The SMILES string of the molecule is O=C(N[C@@H](Cc1ccccc1)C(=O)N1CCCC1)c1cccc(C(=O)N[C@@H](Cc2ccccc2)C(=O)N2CCCC2)c1. The van der Waals surface area contributed by atoms with Crippen LogP contribution in [0.4, 0.5) is 0 Å². The highest BCUT2D eigenvalue weighted by Crippen LogP contribution is 2.16. The summed E-state index contributed by atoms with van der Waals surface area (Å²) in [7, 11) is 0. The molecule has 3 aromatic carbocycles. The van der Waals surface area contributed by atoms with Crippen LogP contribution in [0.3, 0.4) is 0 Å². The van der Waals surface area contributed by atoms with Gasteiger partial charge in [-0.3, -0.25) is 19.2 Å². The van der Waals surface area contributed by atoms with Crippen LogP contribution in [-0.2, 0) is 22.4 Å². The molecule has 2 heterocycles. The Labute approximate surface area is 247 Å². The largest absolute Gasteiger partial charge is 0.341 e. The molecule has 2 aliphatic heterocycles. The maximum Gasteiger partial charge on any atom is 0.251 e. The fourth-order valence-electron chi connectivity index (χ4n) is 5.70. The molecule has 0 aliphatic carbocycles. The number of hydrogen-bond donors (Lipinski definition) is 2. The van der Waals surface area contributed by atoms with Crippen molar-refractivity contribution >= 4 is 23.6 Å². The molecule has 0 aromatic heterocycles. The van der Waals surface area contributed by atoms with Crippen molar-refractivity contribution in [3.05, 3.63) is 107 Å². The highest BCUT2D eigenvalue weighted by molar-refractivity contribution is 6.02. The van der Waals surface area contributed by atoms with E-state index in [0.29, 0.717) is 39.0 Å². The van der Waals surface area contributed by atoms with Crippen molar-refractivity contribution in [2.45, 2.75) is 50.6 Å². The Bertz CT molecular complexity index is 1280. The minimum atomic E-state index is -0.719. The molecule has 8 nitrogen and oxygen atoms in total. The van der Waals surface area contributed by atoms with Gasteiger partial charge in [0.15, 0.2) is 0 Å². The summed E-state index contributed by atoms with van der Waals surface area (Å²) in [5, 5.41) is 5.86. The van der Waals surface area contributed by atoms with E-state index in [0.717, 1.165) is 36.8 Å². The molecular weight excluding hydrogens is 528 g/mol. The smallest absolute Gasteiger partial charge is 0.251 e. The quantitative estimate of drug-likeness (QED) is 0.392. The molecule has 0 spiro atoms. The Kier molecular flexibility index (Phi) is 9.64. The van der Waals surface area contributed by atoms with E-state index in [2.05, 4.69) is 10.6 Å². The Hall–Kier alpha value is -4.46. The van der Waals surface area contributed by atoms with E-state index in [9.17, 15) is 19.2 Å². The van der Waals surface area contributed by atoms with E-state index in [4.69, 9.17) is 0 Å². The molecule has 0 bridgehead atoms. The molecule has 218 valence electrons. The molecule has 2 N–H and O–H groups in total. The first-order chi connectivity index (χ1) is 20.5. The van der Waals surface area contributed by atoms with E-state index in [1.807, 2.05) is 70.5 Å². The predicted octanol–water partition coefficient (Wildman–Crippen LogP) is 3.61. The van der Waals surface area contributed by atoms with Gasteiger partial charge in [-0.15, -0.1) is 0 Å². The molecule has 0 saturated carbocycles.